The molecular formula is C22H27N7O3. The first-order valence-electron chi connectivity index (χ1n) is 10.6. The molecule has 1 fully saturated rings. The molecule has 32 heavy (non-hydrogen) atoms. The van der Waals surface area contributed by atoms with Gasteiger partial charge in [-0.2, -0.15) is 10.2 Å². The van der Waals surface area contributed by atoms with E-state index in [-0.39, 0.29) is 5.43 Å². The van der Waals surface area contributed by atoms with Crippen molar-refractivity contribution in [2.24, 2.45) is 7.05 Å². The zero-order valence-corrected chi connectivity index (χ0v) is 18.0. The van der Waals surface area contributed by atoms with Gasteiger partial charge in [0.05, 0.1) is 12.4 Å². The Kier molecular flexibility index (Phi) is 6.93. The number of rotatable bonds is 7. The minimum atomic E-state index is -0.492. The third kappa shape index (κ3) is 5.80. The lowest BCUT2D eigenvalue weighted by Crippen LogP contribution is -2.44. The SMILES string of the molecule is Cn1cc(-n2ccc(=O)c(Cc3cccc(NC(=O)OCCN4CCNCC4)c3)n2)cn1. The monoisotopic (exact) mass is 437 g/mol. The molecule has 2 N–H and O–H groups in total. The number of ether oxygens (including phenoxy) is 1. The minimum Gasteiger partial charge on any atom is -0.448 e. The Morgan fingerprint density at radius 3 is 2.88 bits per heavy atom. The van der Waals surface area contributed by atoms with Crippen molar-refractivity contribution in [1.29, 1.82) is 0 Å². The average molecular weight is 438 g/mol. The lowest BCUT2D eigenvalue weighted by atomic mass is 10.1. The Hall–Kier alpha value is -3.50. The van der Waals surface area contributed by atoms with Gasteiger partial charge in [0, 0.05) is 64.1 Å². The Morgan fingerprint density at radius 1 is 1.25 bits per heavy atom. The molecule has 3 aromatic rings. The van der Waals surface area contributed by atoms with Crippen LogP contribution in [0.4, 0.5) is 10.5 Å². The van der Waals surface area contributed by atoms with E-state index >= 15 is 0 Å². The molecule has 1 aliphatic heterocycles. The maximum absolute atomic E-state index is 12.3. The summed E-state index contributed by atoms with van der Waals surface area (Å²) >= 11 is 0. The predicted molar refractivity (Wildman–Crippen MR) is 120 cm³/mol. The summed E-state index contributed by atoms with van der Waals surface area (Å²) in [5, 5.41) is 14.6. The lowest BCUT2D eigenvalue weighted by Gasteiger charge is -2.26. The number of hydrogen-bond acceptors (Lipinski definition) is 7. The zero-order valence-electron chi connectivity index (χ0n) is 18.0. The molecular weight excluding hydrogens is 410 g/mol. The van der Waals surface area contributed by atoms with Crippen LogP contribution in [0.5, 0.6) is 0 Å². The van der Waals surface area contributed by atoms with E-state index in [1.54, 1.807) is 27.8 Å². The number of carbonyl (C=O) groups excluding carboxylic acids is 1. The van der Waals surface area contributed by atoms with Crippen molar-refractivity contribution >= 4 is 11.8 Å². The van der Waals surface area contributed by atoms with Crippen molar-refractivity contribution < 1.29 is 9.53 Å². The molecule has 0 spiro atoms. The molecule has 0 aliphatic carbocycles. The van der Waals surface area contributed by atoms with Gasteiger partial charge in [0.15, 0.2) is 0 Å². The molecule has 1 saturated heterocycles. The molecule has 0 unspecified atom stereocenters. The maximum atomic E-state index is 12.3. The number of aryl methyl sites for hydroxylation is 1. The van der Waals surface area contributed by atoms with E-state index in [9.17, 15) is 9.59 Å². The maximum Gasteiger partial charge on any atom is 0.411 e. The van der Waals surface area contributed by atoms with E-state index in [1.165, 1.54) is 6.07 Å². The summed E-state index contributed by atoms with van der Waals surface area (Å²) in [6, 6.07) is 8.82. The van der Waals surface area contributed by atoms with Crippen LogP contribution in [0.1, 0.15) is 11.3 Å². The number of anilines is 1. The molecule has 0 bridgehead atoms. The molecule has 1 aliphatic rings. The van der Waals surface area contributed by atoms with Gasteiger partial charge in [0.25, 0.3) is 0 Å². The van der Waals surface area contributed by atoms with E-state index in [0.717, 1.165) is 44.0 Å². The van der Waals surface area contributed by atoms with Crippen molar-refractivity contribution in [3.05, 3.63) is 70.4 Å². The molecule has 1 aromatic carbocycles. The van der Waals surface area contributed by atoms with E-state index in [0.29, 0.717) is 24.4 Å². The molecule has 0 radical (unpaired) electrons. The lowest BCUT2D eigenvalue weighted by molar-refractivity contribution is 0.134. The Balaban J connectivity index is 1.35. The summed E-state index contributed by atoms with van der Waals surface area (Å²) in [4.78, 5) is 26.7. The van der Waals surface area contributed by atoms with Gasteiger partial charge in [-0.15, -0.1) is 0 Å². The smallest absolute Gasteiger partial charge is 0.411 e. The number of nitrogens with one attached hydrogen (secondary N) is 2. The third-order valence-electron chi connectivity index (χ3n) is 5.23. The van der Waals surface area contributed by atoms with Crippen molar-refractivity contribution in [1.82, 2.24) is 29.8 Å². The van der Waals surface area contributed by atoms with Crippen molar-refractivity contribution in [3.63, 3.8) is 0 Å². The number of piperazine rings is 1. The fourth-order valence-corrected chi connectivity index (χ4v) is 3.55. The highest BCUT2D eigenvalue weighted by molar-refractivity contribution is 5.84. The number of benzene rings is 1. The number of amides is 1. The summed E-state index contributed by atoms with van der Waals surface area (Å²) in [5.74, 6) is 0. The van der Waals surface area contributed by atoms with Crippen molar-refractivity contribution in [2.45, 2.75) is 6.42 Å². The van der Waals surface area contributed by atoms with E-state index in [2.05, 4.69) is 25.7 Å². The molecule has 0 atom stereocenters. The fourth-order valence-electron chi connectivity index (χ4n) is 3.55. The number of hydrogen-bond donors (Lipinski definition) is 2. The highest BCUT2D eigenvalue weighted by atomic mass is 16.5. The minimum absolute atomic E-state index is 0.143. The average Bonchev–Trinajstić information content (AvgIpc) is 3.22. The van der Waals surface area contributed by atoms with Crippen LogP contribution < -0.4 is 16.1 Å². The summed E-state index contributed by atoms with van der Waals surface area (Å²) in [5.41, 5.74) is 2.51. The number of carbonyl (C=O) groups is 1. The number of nitrogens with zero attached hydrogens (tertiary/aromatic N) is 5. The Morgan fingerprint density at radius 2 is 2.09 bits per heavy atom. The van der Waals surface area contributed by atoms with Crippen LogP contribution >= 0.6 is 0 Å². The van der Waals surface area contributed by atoms with E-state index < -0.39 is 6.09 Å². The van der Waals surface area contributed by atoms with Crippen LogP contribution in [-0.4, -0.2) is 69.9 Å². The van der Waals surface area contributed by atoms with Crippen LogP contribution in [0.25, 0.3) is 5.69 Å². The van der Waals surface area contributed by atoms with Gasteiger partial charge in [-0.3, -0.25) is 19.7 Å². The molecule has 10 heteroatoms. The van der Waals surface area contributed by atoms with Gasteiger partial charge in [0.2, 0.25) is 5.43 Å². The normalized spacial score (nSPS) is 14.3. The second-order valence-corrected chi connectivity index (χ2v) is 7.67. The molecule has 10 nitrogen and oxygen atoms in total. The molecule has 2 aromatic heterocycles. The first-order chi connectivity index (χ1) is 15.6. The Labute approximate surface area is 185 Å². The van der Waals surface area contributed by atoms with E-state index in [4.69, 9.17) is 4.74 Å². The summed E-state index contributed by atoms with van der Waals surface area (Å²) in [7, 11) is 1.82. The highest BCUT2D eigenvalue weighted by Gasteiger charge is 2.11. The summed E-state index contributed by atoms with van der Waals surface area (Å²) in [6.07, 6.45) is 4.97. The number of aromatic nitrogens is 4. The highest BCUT2D eigenvalue weighted by Crippen LogP contribution is 2.13. The van der Waals surface area contributed by atoms with Gasteiger partial charge in [-0.25, -0.2) is 9.48 Å². The molecule has 4 rings (SSSR count). The van der Waals surface area contributed by atoms with Gasteiger partial charge in [0.1, 0.15) is 18.0 Å². The second kappa shape index (κ2) is 10.2. The first-order valence-corrected chi connectivity index (χ1v) is 10.6. The quantitative estimate of drug-likeness (QED) is 0.568. The molecule has 1 amide bonds. The third-order valence-corrected chi connectivity index (χ3v) is 5.23. The Bertz CT molecular complexity index is 1120. The van der Waals surface area contributed by atoms with Crippen LogP contribution in [0, 0.1) is 0 Å². The fraction of sp³-hybridized carbons (Fsp3) is 0.364. The van der Waals surface area contributed by atoms with Crippen LogP contribution in [0.2, 0.25) is 0 Å². The van der Waals surface area contributed by atoms with Crippen molar-refractivity contribution in [3.8, 4) is 5.69 Å². The predicted octanol–water partition coefficient (Wildman–Crippen LogP) is 1.01. The van der Waals surface area contributed by atoms with Gasteiger partial charge in [-0.05, 0) is 17.7 Å². The summed E-state index contributed by atoms with van der Waals surface area (Å²) in [6.45, 7) is 4.91. The van der Waals surface area contributed by atoms with Crippen LogP contribution in [0.3, 0.4) is 0 Å². The molecule has 0 saturated carbocycles. The summed E-state index contributed by atoms with van der Waals surface area (Å²) < 4.78 is 8.61. The van der Waals surface area contributed by atoms with Crippen LogP contribution in [-0.2, 0) is 18.2 Å². The van der Waals surface area contributed by atoms with Gasteiger partial charge < -0.3 is 10.1 Å². The van der Waals surface area contributed by atoms with Crippen LogP contribution in [0.15, 0.2) is 53.7 Å². The standard InChI is InChI=1S/C22H27N7O3/c1-27-16-19(15-24-27)29-8-5-21(30)20(26-29)14-17-3-2-4-18(13-17)25-22(31)32-12-11-28-9-6-23-7-10-28/h2-5,8,13,15-16,23H,6-7,9-12,14H2,1H3,(H,25,31). The van der Waals surface area contributed by atoms with E-state index in [1.807, 2.05) is 31.4 Å². The molecule has 168 valence electrons. The zero-order chi connectivity index (χ0) is 22.3. The molecule has 3 heterocycles. The van der Waals surface area contributed by atoms with Gasteiger partial charge in [-0.1, -0.05) is 12.1 Å². The second-order valence-electron chi connectivity index (χ2n) is 7.67. The topological polar surface area (TPSA) is 106 Å². The van der Waals surface area contributed by atoms with Gasteiger partial charge >= 0.3 is 6.09 Å². The first kappa shape index (κ1) is 21.7. The van der Waals surface area contributed by atoms with Crippen molar-refractivity contribution in [2.75, 3.05) is 44.6 Å². The largest absolute Gasteiger partial charge is 0.448 e.